The van der Waals surface area contributed by atoms with Gasteiger partial charge in [0.1, 0.15) is 5.82 Å². The topological polar surface area (TPSA) is 72.3 Å². The minimum absolute atomic E-state index is 0.198. The van der Waals surface area contributed by atoms with Gasteiger partial charge >= 0.3 is 0 Å². The van der Waals surface area contributed by atoms with Gasteiger partial charge in [-0.3, -0.25) is 9.36 Å². The van der Waals surface area contributed by atoms with E-state index in [0.717, 1.165) is 0 Å². The Morgan fingerprint density at radius 3 is 2.59 bits per heavy atom. The molecule has 152 valence electrons. The first kappa shape index (κ1) is 20.0. The van der Waals surface area contributed by atoms with Crippen LogP contribution in [0.1, 0.15) is 24.4 Å². The minimum Gasteiger partial charge on any atom is -0.296 e. The normalized spacial score (nSPS) is 16.4. The molecular formula is C20H19ClFN3O3S. The van der Waals surface area contributed by atoms with Crippen LogP contribution in [-0.4, -0.2) is 35.4 Å². The number of halogens is 2. The number of rotatable bonds is 3. The summed E-state index contributed by atoms with van der Waals surface area (Å²) in [5, 5.41) is 0.585. The van der Waals surface area contributed by atoms with Crippen LogP contribution in [0.4, 0.5) is 4.39 Å². The third kappa shape index (κ3) is 3.68. The van der Waals surface area contributed by atoms with Crippen LogP contribution in [0.5, 0.6) is 0 Å². The smallest absolute Gasteiger partial charge is 0.261 e. The summed E-state index contributed by atoms with van der Waals surface area (Å²) < 4.78 is 42.5. The largest absolute Gasteiger partial charge is 0.296 e. The molecule has 0 unspecified atom stereocenters. The van der Waals surface area contributed by atoms with Crippen molar-refractivity contribution in [3.8, 4) is 0 Å². The number of piperidine rings is 1. The fourth-order valence-corrected chi connectivity index (χ4v) is 5.68. The molecule has 4 rings (SSSR count). The molecule has 1 fully saturated rings. The van der Waals surface area contributed by atoms with Gasteiger partial charge in [-0.1, -0.05) is 17.7 Å². The SMILES string of the molecule is Cc1ccc(Cl)cc1S(=O)(=O)N1CCC(n2cnc3ccc(F)cc3c2=O)CC1. The van der Waals surface area contributed by atoms with Crippen molar-refractivity contribution < 1.29 is 12.8 Å². The van der Waals surface area contributed by atoms with E-state index in [9.17, 15) is 17.6 Å². The molecule has 3 aromatic rings. The molecule has 2 heterocycles. The van der Waals surface area contributed by atoms with Crippen molar-refractivity contribution in [1.82, 2.24) is 13.9 Å². The summed E-state index contributed by atoms with van der Waals surface area (Å²) in [7, 11) is -3.67. The van der Waals surface area contributed by atoms with Gasteiger partial charge in [-0.2, -0.15) is 4.31 Å². The van der Waals surface area contributed by atoms with E-state index in [-0.39, 0.29) is 35.0 Å². The number of benzene rings is 2. The predicted octanol–water partition coefficient (Wildman–Crippen LogP) is 3.52. The van der Waals surface area contributed by atoms with Crippen LogP contribution in [0, 0.1) is 12.7 Å². The maximum atomic E-state index is 13.5. The van der Waals surface area contributed by atoms with Gasteiger partial charge in [0, 0.05) is 24.2 Å². The van der Waals surface area contributed by atoms with Crippen molar-refractivity contribution >= 4 is 32.5 Å². The van der Waals surface area contributed by atoms with E-state index in [1.165, 1.54) is 39.5 Å². The average molecular weight is 436 g/mol. The van der Waals surface area contributed by atoms with E-state index in [0.29, 0.717) is 28.9 Å². The molecule has 1 aliphatic rings. The van der Waals surface area contributed by atoms with E-state index < -0.39 is 15.8 Å². The Bertz CT molecular complexity index is 1250. The molecule has 9 heteroatoms. The van der Waals surface area contributed by atoms with Gasteiger partial charge in [0.25, 0.3) is 5.56 Å². The lowest BCUT2D eigenvalue weighted by Crippen LogP contribution is -2.41. The van der Waals surface area contributed by atoms with Gasteiger partial charge in [-0.15, -0.1) is 0 Å². The molecule has 1 saturated heterocycles. The first-order chi connectivity index (χ1) is 13.8. The number of nitrogens with zero attached hydrogens (tertiary/aromatic N) is 3. The highest BCUT2D eigenvalue weighted by Crippen LogP contribution is 2.29. The highest BCUT2D eigenvalue weighted by Gasteiger charge is 2.31. The summed E-state index contributed by atoms with van der Waals surface area (Å²) in [4.78, 5) is 17.2. The Labute approximate surface area is 172 Å². The third-order valence-electron chi connectivity index (χ3n) is 5.33. The predicted molar refractivity (Wildman–Crippen MR) is 109 cm³/mol. The molecule has 0 atom stereocenters. The van der Waals surface area contributed by atoms with Crippen molar-refractivity contribution in [2.45, 2.75) is 30.7 Å². The zero-order valence-corrected chi connectivity index (χ0v) is 17.3. The van der Waals surface area contributed by atoms with Gasteiger partial charge in [-0.05, 0) is 55.7 Å². The Balaban J connectivity index is 1.58. The molecule has 1 aromatic heterocycles. The maximum absolute atomic E-state index is 13.5. The molecule has 0 aliphatic carbocycles. The Kier molecular flexibility index (Phi) is 5.18. The van der Waals surface area contributed by atoms with E-state index >= 15 is 0 Å². The quantitative estimate of drug-likeness (QED) is 0.631. The van der Waals surface area contributed by atoms with Gasteiger partial charge in [0.2, 0.25) is 10.0 Å². The van der Waals surface area contributed by atoms with Gasteiger partial charge in [0.15, 0.2) is 0 Å². The summed E-state index contributed by atoms with van der Waals surface area (Å²) in [5.41, 5.74) is 0.749. The highest BCUT2D eigenvalue weighted by atomic mass is 35.5. The maximum Gasteiger partial charge on any atom is 0.261 e. The number of aryl methyl sites for hydroxylation is 1. The minimum atomic E-state index is -3.67. The standard InChI is InChI=1S/C20H19ClFN3O3S/c1-13-2-3-14(21)10-19(13)29(27,28)24-8-6-16(7-9-24)25-12-23-18-5-4-15(22)11-17(18)20(25)26/h2-5,10-12,16H,6-9H2,1H3. The lowest BCUT2D eigenvalue weighted by atomic mass is 10.1. The molecule has 6 nitrogen and oxygen atoms in total. The van der Waals surface area contributed by atoms with Crippen molar-refractivity contribution in [2.75, 3.05) is 13.1 Å². The zero-order valence-electron chi connectivity index (χ0n) is 15.7. The lowest BCUT2D eigenvalue weighted by molar-refractivity contribution is 0.269. The molecule has 2 aromatic carbocycles. The van der Waals surface area contributed by atoms with E-state index in [2.05, 4.69) is 4.98 Å². The fourth-order valence-electron chi connectivity index (χ4n) is 3.72. The van der Waals surface area contributed by atoms with Crippen molar-refractivity contribution in [3.63, 3.8) is 0 Å². The molecular weight excluding hydrogens is 417 g/mol. The second-order valence-electron chi connectivity index (χ2n) is 7.16. The average Bonchev–Trinajstić information content (AvgIpc) is 2.70. The Morgan fingerprint density at radius 2 is 1.86 bits per heavy atom. The van der Waals surface area contributed by atoms with Gasteiger partial charge in [-0.25, -0.2) is 17.8 Å². The first-order valence-corrected chi connectivity index (χ1v) is 11.0. The van der Waals surface area contributed by atoms with Crippen molar-refractivity contribution in [1.29, 1.82) is 0 Å². The van der Waals surface area contributed by atoms with Crippen LogP contribution < -0.4 is 5.56 Å². The molecule has 0 amide bonds. The molecule has 0 spiro atoms. The molecule has 1 aliphatic heterocycles. The van der Waals surface area contributed by atoms with Crippen molar-refractivity contribution in [3.05, 3.63) is 69.5 Å². The van der Waals surface area contributed by atoms with E-state index in [4.69, 9.17) is 11.6 Å². The zero-order chi connectivity index (χ0) is 20.8. The third-order valence-corrected chi connectivity index (χ3v) is 7.61. The second-order valence-corrected chi connectivity index (χ2v) is 9.51. The number of hydrogen-bond acceptors (Lipinski definition) is 4. The van der Waals surface area contributed by atoms with Crippen molar-refractivity contribution in [2.24, 2.45) is 0 Å². The summed E-state index contributed by atoms with van der Waals surface area (Å²) >= 11 is 5.99. The molecule has 29 heavy (non-hydrogen) atoms. The number of aromatic nitrogens is 2. The van der Waals surface area contributed by atoms with Crippen LogP contribution in [0.2, 0.25) is 5.02 Å². The molecule has 0 radical (unpaired) electrons. The Hall–Kier alpha value is -2.29. The monoisotopic (exact) mass is 435 g/mol. The fraction of sp³-hybridized carbons (Fsp3) is 0.300. The number of sulfonamides is 1. The van der Waals surface area contributed by atoms with Crippen LogP contribution in [-0.2, 0) is 10.0 Å². The molecule has 0 saturated carbocycles. The summed E-state index contributed by atoms with van der Waals surface area (Å²) in [6.45, 7) is 2.27. The molecule has 0 N–H and O–H groups in total. The Morgan fingerprint density at radius 1 is 1.14 bits per heavy atom. The van der Waals surface area contributed by atoms with Crippen LogP contribution in [0.25, 0.3) is 10.9 Å². The van der Waals surface area contributed by atoms with Gasteiger partial charge < -0.3 is 0 Å². The number of fused-ring (bicyclic) bond motifs is 1. The van der Waals surface area contributed by atoms with Crippen LogP contribution in [0.3, 0.4) is 0 Å². The molecule has 0 bridgehead atoms. The van der Waals surface area contributed by atoms with Crippen LogP contribution >= 0.6 is 11.6 Å². The van der Waals surface area contributed by atoms with E-state index in [1.54, 1.807) is 19.1 Å². The summed E-state index contributed by atoms with van der Waals surface area (Å²) in [6.07, 6.45) is 2.38. The van der Waals surface area contributed by atoms with Crippen LogP contribution in [0.15, 0.2) is 52.4 Å². The lowest BCUT2D eigenvalue weighted by Gasteiger charge is -2.32. The van der Waals surface area contributed by atoms with Gasteiger partial charge in [0.05, 0.1) is 22.1 Å². The summed E-state index contributed by atoms with van der Waals surface area (Å²) in [5.74, 6) is -0.494. The highest BCUT2D eigenvalue weighted by molar-refractivity contribution is 7.89. The van der Waals surface area contributed by atoms with E-state index in [1.807, 2.05) is 0 Å². The second kappa shape index (κ2) is 7.51. The number of hydrogen-bond donors (Lipinski definition) is 0. The summed E-state index contributed by atoms with van der Waals surface area (Å²) in [6, 6.07) is 8.52. The first-order valence-electron chi connectivity index (χ1n) is 9.20.